The van der Waals surface area contributed by atoms with Gasteiger partial charge in [-0.15, -0.1) is 10.2 Å². The SMILES string of the molecule is Cc1nnc(CCC(=O)Nc2ccc3c(c2)OCCO3)o1. The van der Waals surface area contributed by atoms with E-state index in [-0.39, 0.29) is 12.3 Å². The van der Waals surface area contributed by atoms with Crippen LogP contribution in [0.1, 0.15) is 18.2 Å². The summed E-state index contributed by atoms with van der Waals surface area (Å²) in [6, 6.07) is 5.32. The van der Waals surface area contributed by atoms with Gasteiger partial charge in [-0.25, -0.2) is 0 Å². The summed E-state index contributed by atoms with van der Waals surface area (Å²) >= 11 is 0. The molecule has 0 atom stereocenters. The van der Waals surface area contributed by atoms with Gasteiger partial charge in [0.15, 0.2) is 11.5 Å². The van der Waals surface area contributed by atoms with Crippen LogP contribution >= 0.6 is 0 Å². The van der Waals surface area contributed by atoms with Gasteiger partial charge in [0.05, 0.1) is 0 Å². The molecule has 0 fully saturated rings. The largest absolute Gasteiger partial charge is 0.486 e. The van der Waals surface area contributed by atoms with Crippen molar-refractivity contribution < 1.29 is 18.7 Å². The number of fused-ring (bicyclic) bond motifs is 1. The van der Waals surface area contributed by atoms with Crippen molar-refractivity contribution >= 4 is 11.6 Å². The second kappa shape index (κ2) is 5.82. The number of benzene rings is 1. The molecule has 21 heavy (non-hydrogen) atoms. The summed E-state index contributed by atoms with van der Waals surface area (Å²) < 4.78 is 16.1. The molecule has 1 amide bonds. The van der Waals surface area contributed by atoms with Crippen LogP contribution in [-0.2, 0) is 11.2 Å². The number of hydrogen-bond acceptors (Lipinski definition) is 6. The van der Waals surface area contributed by atoms with Crippen molar-refractivity contribution in [1.82, 2.24) is 10.2 Å². The maximum atomic E-state index is 11.9. The lowest BCUT2D eigenvalue weighted by Crippen LogP contribution is -2.16. The molecule has 0 radical (unpaired) electrons. The Balaban J connectivity index is 1.57. The van der Waals surface area contributed by atoms with E-state index in [1.807, 2.05) is 0 Å². The molecule has 1 aromatic heterocycles. The van der Waals surface area contributed by atoms with Gasteiger partial charge in [0.1, 0.15) is 13.2 Å². The van der Waals surface area contributed by atoms with Crippen LogP contribution in [0, 0.1) is 6.92 Å². The number of anilines is 1. The second-order valence-electron chi connectivity index (χ2n) is 4.62. The standard InChI is InChI=1S/C14H15N3O4/c1-9-16-17-14(21-9)5-4-13(18)15-10-2-3-11-12(8-10)20-7-6-19-11/h2-3,8H,4-7H2,1H3,(H,15,18). The van der Waals surface area contributed by atoms with E-state index in [9.17, 15) is 4.79 Å². The summed E-state index contributed by atoms with van der Waals surface area (Å²) in [6.07, 6.45) is 0.688. The number of amides is 1. The van der Waals surface area contributed by atoms with Gasteiger partial charge in [0.2, 0.25) is 17.7 Å². The first-order chi connectivity index (χ1) is 10.2. The summed E-state index contributed by atoms with van der Waals surface area (Å²) in [7, 11) is 0. The molecule has 110 valence electrons. The number of ether oxygens (including phenoxy) is 2. The number of aryl methyl sites for hydroxylation is 2. The van der Waals surface area contributed by atoms with Gasteiger partial charge in [0, 0.05) is 31.5 Å². The topological polar surface area (TPSA) is 86.5 Å². The smallest absolute Gasteiger partial charge is 0.224 e. The van der Waals surface area contributed by atoms with E-state index in [0.29, 0.717) is 48.6 Å². The second-order valence-corrected chi connectivity index (χ2v) is 4.62. The molecule has 0 aliphatic carbocycles. The molecule has 1 aliphatic rings. The maximum absolute atomic E-state index is 11.9. The molecule has 0 saturated carbocycles. The van der Waals surface area contributed by atoms with Crippen LogP contribution in [0.25, 0.3) is 0 Å². The van der Waals surface area contributed by atoms with Crippen molar-refractivity contribution in [3.8, 4) is 11.5 Å². The zero-order chi connectivity index (χ0) is 14.7. The van der Waals surface area contributed by atoms with E-state index in [4.69, 9.17) is 13.9 Å². The van der Waals surface area contributed by atoms with Crippen LogP contribution in [0.4, 0.5) is 5.69 Å². The molecule has 2 heterocycles. The average Bonchev–Trinajstić information content (AvgIpc) is 2.91. The molecule has 1 N–H and O–H groups in total. The highest BCUT2D eigenvalue weighted by molar-refractivity contribution is 5.91. The van der Waals surface area contributed by atoms with E-state index in [2.05, 4.69) is 15.5 Å². The number of nitrogens with one attached hydrogen (secondary N) is 1. The lowest BCUT2D eigenvalue weighted by Gasteiger charge is -2.18. The van der Waals surface area contributed by atoms with Crippen molar-refractivity contribution in [2.24, 2.45) is 0 Å². The molecule has 0 saturated heterocycles. The summed E-state index contributed by atoms with van der Waals surface area (Å²) in [4.78, 5) is 11.9. The van der Waals surface area contributed by atoms with Gasteiger partial charge in [-0.2, -0.15) is 0 Å². The fraction of sp³-hybridized carbons (Fsp3) is 0.357. The summed E-state index contributed by atoms with van der Waals surface area (Å²) in [5, 5.41) is 10.4. The third kappa shape index (κ3) is 3.31. The maximum Gasteiger partial charge on any atom is 0.224 e. The zero-order valence-corrected chi connectivity index (χ0v) is 11.6. The predicted molar refractivity (Wildman–Crippen MR) is 73.4 cm³/mol. The molecule has 1 aliphatic heterocycles. The molecule has 7 nitrogen and oxygen atoms in total. The van der Waals surface area contributed by atoms with E-state index in [1.54, 1.807) is 25.1 Å². The van der Waals surface area contributed by atoms with Crippen LogP contribution in [0.2, 0.25) is 0 Å². The highest BCUT2D eigenvalue weighted by Gasteiger charge is 2.13. The first-order valence-electron chi connectivity index (χ1n) is 6.69. The lowest BCUT2D eigenvalue weighted by molar-refractivity contribution is -0.116. The number of carbonyl (C=O) groups is 1. The van der Waals surface area contributed by atoms with Crippen LogP contribution in [0.5, 0.6) is 11.5 Å². The Morgan fingerprint density at radius 3 is 2.81 bits per heavy atom. The summed E-state index contributed by atoms with van der Waals surface area (Å²) in [5.41, 5.74) is 0.672. The molecule has 0 bridgehead atoms. The number of carbonyl (C=O) groups excluding carboxylic acids is 1. The van der Waals surface area contributed by atoms with Gasteiger partial charge in [0.25, 0.3) is 0 Å². The molecule has 0 spiro atoms. The van der Waals surface area contributed by atoms with Crippen molar-refractivity contribution in [3.63, 3.8) is 0 Å². The monoisotopic (exact) mass is 289 g/mol. The van der Waals surface area contributed by atoms with Gasteiger partial charge >= 0.3 is 0 Å². The van der Waals surface area contributed by atoms with E-state index < -0.39 is 0 Å². The van der Waals surface area contributed by atoms with E-state index >= 15 is 0 Å². The minimum Gasteiger partial charge on any atom is -0.486 e. The molecule has 0 unspecified atom stereocenters. The third-order valence-electron chi connectivity index (χ3n) is 2.96. The van der Waals surface area contributed by atoms with E-state index in [1.165, 1.54) is 0 Å². The Kier molecular flexibility index (Phi) is 3.72. The van der Waals surface area contributed by atoms with Crippen LogP contribution in [0.15, 0.2) is 22.6 Å². The van der Waals surface area contributed by atoms with Crippen LogP contribution in [0.3, 0.4) is 0 Å². The normalized spacial score (nSPS) is 13.0. The third-order valence-corrected chi connectivity index (χ3v) is 2.96. The van der Waals surface area contributed by atoms with Crippen molar-refractivity contribution in [2.45, 2.75) is 19.8 Å². The fourth-order valence-corrected chi connectivity index (χ4v) is 2.00. The summed E-state index contributed by atoms with van der Waals surface area (Å²) in [5.74, 6) is 2.18. The predicted octanol–water partition coefficient (Wildman–Crippen LogP) is 1.72. The molecular formula is C14H15N3O4. The Morgan fingerprint density at radius 2 is 2.05 bits per heavy atom. The number of aromatic nitrogens is 2. The first-order valence-corrected chi connectivity index (χ1v) is 6.69. The van der Waals surface area contributed by atoms with Crippen LogP contribution in [-0.4, -0.2) is 29.3 Å². The zero-order valence-electron chi connectivity index (χ0n) is 11.6. The highest BCUT2D eigenvalue weighted by Crippen LogP contribution is 2.32. The Labute approximate surface area is 121 Å². The molecule has 2 aromatic rings. The Hall–Kier alpha value is -2.57. The number of hydrogen-bond donors (Lipinski definition) is 1. The van der Waals surface area contributed by atoms with Gasteiger partial charge < -0.3 is 19.2 Å². The minimum absolute atomic E-state index is 0.123. The number of rotatable bonds is 4. The Bertz CT molecular complexity index is 653. The molecule has 3 rings (SSSR count). The average molecular weight is 289 g/mol. The van der Waals surface area contributed by atoms with Crippen molar-refractivity contribution in [3.05, 3.63) is 30.0 Å². The van der Waals surface area contributed by atoms with Gasteiger partial charge in [-0.3, -0.25) is 4.79 Å². The minimum atomic E-state index is -0.123. The van der Waals surface area contributed by atoms with Gasteiger partial charge in [-0.1, -0.05) is 0 Å². The van der Waals surface area contributed by atoms with Gasteiger partial charge in [-0.05, 0) is 12.1 Å². The first kappa shape index (κ1) is 13.4. The van der Waals surface area contributed by atoms with Crippen molar-refractivity contribution in [2.75, 3.05) is 18.5 Å². The molecular weight excluding hydrogens is 274 g/mol. The van der Waals surface area contributed by atoms with E-state index in [0.717, 1.165) is 0 Å². The number of nitrogens with zero attached hydrogens (tertiary/aromatic N) is 2. The Morgan fingerprint density at radius 1 is 1.24 bits per heavy atom. The summed E-state index contributed by atoms with van der Waals surface area (Å²) in [6.45, 7) is 2.77. The highest BCUT2D eigenvalue weighted by atomic mass is 16.6. The van der Waals surface area contributed by atoms with Crippen molar-refractivity contribution in [1.29, 1.82) is 0 Å². The molecule has 1 aromatic carbocycles. The van der Waals surface area contributed by atoms with Crippen LogP contribution < -0.4 is 14.8 Å². The lowest BCUT2D eigenvalue weighted by atomic mass is 10.2. The fourth-order valence-electron chi connectivity index (χ4n) is 2.00. The molecule has 7 heteroatoms. The quantitative estimate of drug-likeness (QED) is 0.922.